The smallest absolute Gasteiger partial charge is 0.271 e. The summed E-state index contributed by atoms with van der Waals surface area (Å²) in [5.41, 5.74) is 0.842. The van der Waals surface area contributed by atoms with Crippen molar-refractivity contribution in [3.05, 3.63) is 46.9 Å². The third-order valence-corrected chi connectivity index (χ3v) is 2.68. The van der Waals surface area contributed by atoms with Crippen LogP contribution in [0.5, 0.6) is 0 Å². The van der Waals surface area contributed by atoms with E-state index < -0.39 is 0 Å². The van der Waals surface area contributed by atoms with Gasteiger partial charge < -0.3 is 10.6 Å². The van der Waals surface area contributed by atoms with Gasteiger partial charge in [-0.15, -0.1) is 0 Å². The first-order chi connectivity index (χ1) is 9.20. The number of amides is 1. The van der Waals surface area contributed by atoms with Gasteiger partial charge in [0, 0.05) is 13.2 Å². The Hall–Kier alpha value is -2.21. The summed E-state index contributed by atoms with van der Waals surface area (Å²) in [6, 6.07) is 6.84. The zero-order chi connectivity index (χ0) is 13.7. The summed E-state index contributed by atoms with van der Waals surface area (Å²) >= 11 is 5.95. The fraction of sp³-hybridized carbons (Fsp3) is 0.167. The summed E-state index contributed by atoms with van der Waals surface area (Å²) in [4.78, 5) is 16.1. The fourth-order valence-electron chi connectivity index (χ4n) is 1.42. The minimum absolute atomic E-state index is 0.178. The molecule has 6 nitrogen and oxygen atoms in total. The lowest BCUT2D eigenvalue weighted by molar-refractivity contribution is 0.0945. The topological polar surface area (TPSA) is 79.8 Å². The van der Waals surface area contributed by atoms with Gasteiger partial charge >= 0.3 is 0 Å². The molecule has 0 aliphatic rings. The predicted octanol–water partition coefficient (Wildman–Crippen LogP) is 1.50. The molecule has 2 aromatic rings. The van der Waals surface area contributed by atoms with E-state index in [1.54, 1.807) is 37.5 Å². The van der Waals surface area contributed by atoms with Gasteiger partial charge in [-0.05, 0) is 24.3 Å². The maximum Gasteiger partial charge on any atom is 0.271 e. The maximum atomic E-state index is 12.0. The number of pyridine rings is 1. The van der Waals surface area contributed by atoms with Crippen molar-refractivity contribution in [2.75, 3.05) is 12.4 Å². The number of halogens is 1. The third-order valence-electron chi connectivity index (χ3n) is 2.37. The predicted molar refractivity (Wildman–Crippen MR) is 72.0 cm³/mol. The molecule has 0 saturated heterocycles. The van der Waals surface area contributed by atoms with Crippen molar-refractivity contribution in [2.24, 2.45) is 0 Å². The van der Waals surface area contributed by atoms with Crippen molar-refractivity contribution >= 4 is 23.3 Å². The average Bonchev–Trinajstić information content (AvgIpc) is 2.46. The van der Waals surface area contributed by atoms with Crippen LogP contribution in [0.2, 0.25) is 5.02 Å². The molecule has 0 aliphatic carbocycles. The molecule has 7 heteroatoms. The summed E-state index contributed by atoms with van der Waals surface area (Å²) in [5.74, 6) is 0.224. The number of rotatable bonds is 4. The second kappa shape index (κ2) is 6.10. The number of anilines is 1. The molecule has 0 spiro atoms. The number of nitrogens with zero attached hydrogens (tertiary/aromatic N) is 3. The van der Waals surface area contributed by atoms with Crippen LogP contribution in [0.1, 0.15) is 16.2 Å². The monoisotopic (exact) mass is 277 g/mol. The molecule has 0 atom stereocenters. The zero-order valence-electron chi connectivity index (χ0n) is 10.2. The normalized spacial score (nSPS) is 10.0. The van der Waals surface area contributed by atoms with Crippen LogP contribution in [0, 0.1) is 0 Å². The molecule has 19 heavy (non-hydrogen) atoms. The number of hydrogen-bond acceptors (Lipinski definition) is 5. The van der Waals surface area contributed by atoms with Gasteiger partial charge in [0.2, 0.25) is 0 Å². The van der Waals surface area contributed by atoms with Gasteiger partial charge in [-0.2, -0.15) is 10.2 Å². The van der Waals surface area contributed by atoms with E-state index in [2.05, 4.69) is 25.8 Å². The van der Waals surface area contributed by atoms with Gasteiger partial charge in [-0.25, -0.2) is 4.98 Å². The van der Waals surface area contributed by atoms with E-state index in [1.807, 2.05) is 0 Å². The third kappa shape index (κ3) is 3.38. The van der Waals surface area contributed by atoms with Gasteiger partial charge in [0.05, 0.1) is 17.3 Å². The molecule has 98 valence electrons. The molecule has 0 bridgehead atoms. The molecule has 0 saturated carbocycles. The first-order valence-electron chi connectivity index (χ1n) is 5.60. The van der Waals surface area contributed by atoms with Crippen LogP contribution in [0.4, 0.5) is 5.82 Å². The first kappa shape index (κ1) is 13.2. The first-order valence-corrected chi connectivity index (χ1v) is 5.97. The van der Waals surface area contributed by atoms with Gasteiger partial charge in [0.25, 0.3) is 5.91 Å². The molecular formula is C12H12ClN5O. The second-order valence-corrected chi connectivity index (χ2v) is 4.08. The molecule has 1 amide bonds. The van der Waals surface area contributed by atoms with Crippen molar-refractivity contribution in [3.63, 3.8) is 0 Å². The van der Waals surface area contributed by atoms with E-state index in [9.17, 15) is 4.79 Å². The van der Waals surface area contributed by atoms with Crippen LogP contribution in [-0.2, 0) is 6.54 Å². The van der Waals surface area contributed by atoms with Gasteiger partial charge in [-0.3, -0.25) is 4.79 Å². The minimum Gasteiger partial charge on any atom is -0.373 e. The Bertz CT molecular complexity index is 576. The molecule has 0 aromatic carbocycles. The Morgan fingerprint density at radius 1 is 1.37 bits per heavy atom. The Morgan fingerprint density at radius 2 is 2.21 bits per heavy atom. The number of aromatic nitrogens is 3. The van der Waals surface area contributed by atoms with E-state index >= 15 is 0 Å². The average molecular weight is 278 g/mol. The van der Waals surface area contributed by atoms with Gasteiger partial charge in [0.15, 0.2) is 0 Å². The summed E-state index contributed by atoms with van der Waals surface area (Å²) in [6.07, 6.45) is 1.57. The maximum absolute atomic E-state index is 12.0. The molecule has 2 heterocycles. The lowest BCUT2D eigenvalue weighted by Crippen LogP contribution is -2.25. The summed E-state index contributed by atoms with van der Waals surface area (Å²) < 4.78 is 0. The number of hydrogen-bond donors (Lipinski definition) is 2. The highest BCUT2D eigenvalue weighted by molar-refractivity contribution is 6.33. The van der Waals surface area contributed by atoms with E-state index in [0.717, 1.165) is 0 Å². The van der Waals surface area contributed by atoms with Crippen LogP contribution >= 0.6 is 11.6 Å². The van der Waals surface area contributed by atoms with Gasteiger partial charge in [-0.1, -0.05) is 11.6 Å². The van der Waals surface area contributed by atoms with Gasteiger partial charge in [0.1, 0.15) is 11.5 Å². The van der Waals surface area contributed by atoms with E-state index in [4.69, 9.17) is 11.6 Å². The number of carbonyl (C=O) groups is 1. The Balaban J connectivity index is 2.08. The Morgan fingerprint density at radius 3 is 2.89 bits per heavy atom. The standard InChI is InChI=1S/C12H12ClN5O/c1-14-10-5-4-9(13)11(17-10)12(19)15-7-8-3-2-6-16-18-8/h2-6H,7H2,1H3,(H,14,17)(H,15,19). The molecule has 2 N–H and O–H groups in total. The largest absolute Gasteiger partial charge is 0.373 e. The molecular weight excluding hydrogens is 266 g/mol. The summed E-state index contributed by atoms with van der Waals surface area (Å²) in [7, 11) is 1.72. The number of nitrogens with one attached hydrogen (secondary N) is 2. The van der Waals surface area contributed by atoms with E-state index in [0.29, 0.717) is 16.5 Å². The van der Waals surface area contributed by atoms with Crippen LogP contribution in [0.25, 0.3) is 0 Å². The van der Waals surface area contributed by atoms with Crippen molar-refractivity contribution in [2.45, 2.75) is 6.54 Å². The van der Waals surface area contributed by atoms with E-state index in [1.165, 1.54) is 0 Å². The lowest BCUT2D eigenvalue weighted by atomic mass is 10.3. The molecule has 0 unspecified atom stereocenters. The number of carbonyl (C=O) groups excluding carboxylic acids is 1. The highest BCUT2D eigenvalue weighted by Crippen LogP contribution is 2.16. The molecule has 0 fully saturated rings. The highest BCUT2D eigenvalue weighted by atomic mass is 35.5. The van der Waals surface area contributed by atoms with E-state index in [-0.39, 0.29) is 18.1 Å². The van der Waals surface area contributed by atoms with Crippen molar-refractivity contribution in [3.8, 4) is 0 Å². The fourth-order valence-corrected chi connectivity index (χ4v) is 1.61. The van der Waals surface area contributed by atoms with Crippen molar-refractivity contribution in [1.82, 2.24) is 20.5 Å². The van der Waals surface area contributed by atoms with Crippen molar-refractivity contribution in [1.29, 1.82) is 0 Å². The summed E-state index contributed by atoms with van der Waals surface area (Å²) in [6.45, 7) is 0.272. The van der Waals surface area contributed by atoms with Crippen LogP contribution < -0.4 is 10.6 Å². The van der Waals surface area contributed by atoms with Crippen molar-refractivity contribution < 1.29 is 4.79 Å². The second-order valence-electron chi connectivity index (χ2n) is 3.67. The molecule has 2 aromatic heterocycles. The zero-order valence-corrected chi connectivity index (χ0v) is 11.0. The molecule has 2 rings (SSSR count). The van der Waals surface area contributed by atoms with Crippen LogP contribution in [0.3, 0.4) is 0 Å². The molecule has 0 radical (unpaired) electrons. The minimum atomic E-state index is -0.354. The van der Waals surface area contributed by atoms with Crippen LogP contribution in [0.15, 0.2) is 30.5 Å². The lowest BCUT2D eigenvalue weighted by Gasteiger charge is -2.07. The SMILES string of the molecule is CNc1ccc(Cl)c(C(=O)NCc2cccnn2)n1. The summed E-state index contributed by atoms with van der Waals surface area (Å²) in [5, 5.41) is 13.4. The molecule has 0 aliphatic heterocycles. The Labute approximate surface area is 115 Å². The Kier molecular flexibility index (Phi) is 4.25. The quantitative estimate of drug-likeness (QED) is 0.885. The highest BCUT2D eigenvalue weighted by Gasteiger charge is 2.12. The van der Waals surface area contributed by atoms with Crippen LogP contribution in [-0.4, -0.2) is 28.1 Å².